The van der Waals surface area contributed by atoms with Gasteiger partial charge in [-0.2, -0.15) is 0 Å². The molecule has 0 aliphatic carbocycles. The molecule has 3 aromatic rings. The standard InChI is InChI=1S/C13H9N3/c1-2-4-12-10(3-1)7-11(8-16-12)13-9-14-5-6-15-13/h1-9H. The van der Waals surface area contributed by atoms with Crippen LogP contribution in [0.3, 0.4) is 0 Å². The van der Waals surface area contributed by atoms with Crippen LogP contribution in [0, 0.1) is 0 Å². The summed E-state index contributed by atoms with van der Waals surface area (Å²) in [5.74, 6) is 0. The maximum absolute atomic E-state index is 4.39. The average molecular weight is 207 g/mol. The van der Waals surface area contributed by atoms with Crippen LogP contribution in [0.15, 0.2) is 55.1 Å². The second-order valence-corrected chi connectivity index (χ2v) is 3.51. The zero-order valence-electron chi connectivity index (χ0n) is 8.54. The molecule has 0 aliphatic rings. The van der Waals surface area contributed by atoms with Crippen molar-refractivity contribution in [2.24, 2.45) is 0 Å². The molecule has 0 unspecified atom stereocenters. The van der Waals surface area contributed by atoms with Crippen LogP contribution in [0.5, 0.6) is 0 Å². The first kappa shape index (κ1) is 8.97. The number of para-hydroxylation sites is 1. The van der Waals surface area contributed by atoms with Crippen molar-refractivity contribution in [3.8, 4) is 11.3 Å². The van der Waals surface area contributed by atoms with E-state index >= 15 is 0 Å². The van der Waals surface area contributed by atoms with Gasteiger partial charge < -0.3 is 0 Å². The van der Waals surface area contributed by atoms with Gasteiger partial charge in [0.2, 0.25) is 0 Å². The maximum Gasteiger partial charge on any atom is 0.0900 e. The van der Waals surface area contributed by atoms with Crippen LogP contribution in [0.25, 0.3) is 22.2 Å². The van der Waals surface area contributed by atoms with Crippen LogP contribution in [-0.2, 0) is 0 Å². The van der Waals surface area contributed by atoms with Crippen LogP contribution in [0.1, 0.15) is 0 Å². The zero-order valence-corrected chi connectivity index (χ0v) is 8.54. The average Bonchev–Trinajstić information content (AvgIpc) is 2.39. The Morgan fingerprint density at radius 3 is 2.69 bits per heavy atom. The molecular weight excluding hydrogens is 198 g/mol. The van der Waals surface area contributed by atoms with Crippen molar-refractivity contribution >= 4 is 10.9 Å². The predicted molar refractivity (Wildman–Crippen MR) is 62.8 cm³/mol. The number of benzene rings is 1. The smallest absolute Gasteiger partial charge is 0.0900 e. The summed E-state index contributed by atoms with van der Waals surface area (Å²) >= 11 is 0. The summed E-state index contributed by atoms with van der Waals surface area (Å²) < 4.78 is 0. The van der Waals surface area contributed by atoms with Crippen molar-refractivity contribution < 1.29 is 0 Å². The number of fused-ring (bicyclic) bond motifs is 1. The van der Waals surface area contributed by atoms with E-state index in [1.54, 1.807) is 18.6 Å². The monoisotopic (exact) mass is 207 g/mol. The van der Waals surface area contributed by atoms with Crippen molar-refractivity contribution in [2.45, 2.75) is 0 Å². The van der Waals surface area contributed by atoms with Crippen LogP contribution in [0.2, 0.25) is 0 Å². The molecular formula is C13H9N3. The third kappa shape index (κ3) is 1.52. The van der Waals surface area contributed by atoms with Crippen LogP contribution in [0.4, 0.5) is 0 Å². The highest BCUT2D eigenvalue weighted by Crippen LogP contribution is 2.19. The normalized spacial score (nSPS) is 10.5. The van der Waals surface area contributed by atoms with Crippen molar-refractivity contribution in [3.63, 3.8) is 0 Å². The minimum absolute atomic E-state index is 0.848. The molecule has 0 bridgehead atoms. The molecule has 3 heteroatoms. The number of rotatable bonds is 1. The highest BCUT2D eigenvalue weighted by atomic mass is 14.8. The molecule has 0 fully saturated rings. The molecule has 3 nitrogen and oxygen atoms in total. The van der Waals surface area contributed by atoms with Gasteiger partial charge in [-0.05, 0) is 12.1 Å². The van der Waals surface area contributed by atoms with E-state index in [4.69, 9.17) is 0 Å². The first-order valence-corrected chi connectivity index (χ1v) is 5.05. The zero-order chi connectivity index (χ0) is 10.8. The highest BCUT2D eigenvalue weighted by Gasteiger charge is 2.00. The SMILES string of the molecule is c1ccc2ncc(-c3cnccn3)cc2c1. The van der Waals surface area contributed by atoms with Gasteiger partial charge in [0.05, 0.1) is 17.4 Å². The topological polar surface area (TPSA) is 38.7 Å². The lowest BCUT2D eigenvalue weighted by atomic mass is 10.1. The minimum atomic E-state index is 0.848. The van der Waals surface area contributed by atoms with E-state index < -0.39 is 0 Å². The number of pyridine rings is 1. The molecule has 3 rings (SSSR count). The molecule has 1 aromatic carbocycles. The summed E-state index contributed by atoms with van der Waals surface area (Å²) in [6, 6.07) is 10.1. The molecule has 0 radical (unpaired) electrons. The molecule has 16 heavy (non-hydrogen) atoms. The van der Waals surface area contributed by atoms with Crippen LogP contribution in [-0.4, -0.2) is 15.0 Å². The second-order valence-electron chi connectivity index (χ2n) is 3.51. The van der Waals surface area contributed by atoms with Gasteiger partial charge in [0.1, 0.15) is 0 Å². The van der Waals surface area contributed by atoms with Gasteiger partial charge in [-0.15, -0.1) is 0 Å². The van der Waals surface area contributed by atoms with Crippen molar-refractivity contribution in [1.82, 2.24) is 15.0 Å². The first-order chi connectivity index (χ1) is 7.93. The van der Waals surface area contributed by atoms with E-state index in [0.29, 0.717) is 0 Å². The van der Waals surface area contributed by atoms with E-state index in [0.717, 1.165) is 22.2 Å². The molecule has 0 amide bonds. The fourth-order valence-electron chi connectivity index (χ4n) is 1.66. The highest BCUT2D eigenvalue weighted by molar-refractivity contribution is 5.82. The second kappa shape index (κ2) is 3.70. The van der Waals surface area contributed by atoms with Gasteiger partial charge in [0.25, 0.3) is 0 Å². The maximum atomic E-state index is 4.39. The van der Waals surface area contributed by atoms with E-state index in [1.807, 2.05) is 30.5 Å². The molecule has 0 saturated heterocycles. The summed E-state index contributed by atoms with van der Waals surface area (Å²) in [5, 5.41) is 1.12. The molecule has 0 N–H and O–H groups in total. The van der Waals surface area contributed by atoms with Crippen molar-refractivity contribution in [3.05, 3.63) is 55.1 Å². The van der Waals surface area contributed by atoms with Gasteiger partial charge in [0.15, 0.2) is 0 Å². The molecule has 0 aliphatic heterocycles. The number of hydrogen-bond acceptors (Lipinski definition) is 3. The summed E-state index contributed by atoms with van der Waals surface area (Å²) in [6.45, 7) is 0. The van der Waals surface area contributed by atoms with Gasteiger partial charge in [-0.1, -0.05) is 18.2 Å². The Hall–Kier alpha value is -2.29. The van der Waals surface area contributed by atoms with E-state index in [9.17, 15) is 0 Å². The first-order valence-electron chi connectivity index (χ1n) is 5.05. The van der Waals surface area contributed by atoms with Gasteiger partial charge in [-0.25, -0.2) is 0 Å². The Labute approximate surface area is 92.8 Å². The molecule has 0 saturated carbocycles. The quantitative estimate of drug-likeness (QED) is 0.615. The Balaban J connectivity index is 2.19. The minimum Gasteiger partial charge on any atom is -0.261 e. The molecule has 0 spiro atoms. The lowest BCUT2D eigenvalue weighted by molar-refractivity contribution is 1.20. The fraction of sp³-hybridized carbons (Fsp3) is 0. The molecule has 2 heterocycles. The van der Waals surface area contributed by atoms with Gasteiger partial charge >= 0.3 is 0 Å². The molecule has 76 valence electrons. The fourth-order valence-corrected chi connectivity index (χ4v) is 1.66. The number of hydrogen-bond donors (Lipinski definition) is 0. The largest absolute Gasteiger partial charge is 0.261 e. The predicted octanol–water partition coefficient (Wildman–Crippen LogP) is 2.69. The Morgan fingerprint density at radius 2 is 1.81 bits per heavy atom. The summed E-state index contributed by atoms with van der Waals surface area (Å²) in [6.07, 6.45) is 6.92. The molecule has 0 atom stereocenters. The Morgan fingerprint density at radius 1 is 0.875 bits per heavy atom. The van der Waals surface area contributed by atoms with Gasteiger partial charge in [0, 0.05) is 29.5 Å². The number of nitrogens with zero attached hydrogens (tertiary/aromatic N) is 3. The molecule has 2 aromatic heterocycles. The lowest BCUT2D eigenvalue weighted by Gasteiger charge is -2.01. The van der Waals surface area contributed by atoms with E-state index in [-0.39, 0.29) is 0 Å². The summed E-state index contributed by atoms with van der Waals surface area (Å²) in [4.78, 5) is 12.7. The van der Waals surface area contributed by atoms with Gasteiger partial charge in [-0.3, -0.25) is 15.0 Å². The van der Waals surface area contributed by atoms with Crippen LogP contribution < -0.4 is 0 Å². The number of aromatic nitrogens is 3. The van der Waals surface area contributed by atoms with Crippen molar-refractivity contribution in [2.75, 3.05) is 0 Å². The summed E-state index contributed by atoms with van der Waals surface area (Å²) in [5.41, 5.74) is 2.84. The summed E-state index contributed by atoms with van der Waals surface area (Å²) in [7, 11) is 0. The lowest BCUT2D eigenvalue weighted by Crippen LogP contribution is -1.86. The third-order valence-electron chi connectivity index (χ3n) is 2.45. The van der Waals surface area contributed by atoms with E-state index in [2.05, 4.69) is 21.0 Å². The van der Waals surface area contributed by atoms with Crippen LogP contribution >= 0.6 is 0 Å². The van der Waals surface area contributed by atoms with E-state index in [1.165, 1.54) is 0 Å². The third-order valence-corrected chi connectivity index (χ3v) is 2.45. The Kier molecular flexibility index (Phi) is 2.07. The van der Waals surface area contributed by atoms with Crippen molar-refractivity contribution in [1.29, 1.82) is 0 Å². The Bertz CT molecular complexity index is 620.